The van der Waals surface area contributed by atoms with Gasteiger partial charge in [0.25, 0.3) is 0 Å². The summed E-state index contributed by atoms with van der Waals surface area (Å²) in [5, 5.41) is 0.866. The molecule has 6 heteroatoms. The largest absolute Gasteiger partial charge is 0.493 e. The number of carbonyl (C=O) groups excluding carboxylic acids is 1. The highest BCUT2D eigenvalue weighted by Crippen LogP contribution is 2.34. The van der Waals surface area contributed by atoms with E-state index in [4.69, 9.17) is 21.1 Å². The number of hydrogen-bond donors (Lipinski definition) is 0. The third-order valence-corrected chi connectivity index (χ3v) is 3.39. The lowest BCUT2D eigenvalue weighted by Gasteiger charge is -2.10. The first kappa shape index (κ1) is 14.3. The number of carbonyl (C=O) groups is 1. The van der Waals surface area contributed by atoms with Gasteiger partial charge in [-0.3, -0.25) is 0 Å². The maximum absolute atomic E-state index is 12.2. The van der Waals surface area contributed by atoms with Crippen LogP contribution in [0.1, 0.15) is 10.4 Å². The van der Waals surface area contributed by atoms with E-state index < -0.39 is 5.97 Å². The summed E-state index contributed by atoms with van der Waals surface area (Å²) in [4.78, 5) is 20.2. The fourth-order valence-electron chi connectivity index (χ4n) is 2.00. The fraction of sp³-hybridized carbons (Fsp3) is 0.0625. The minimum atomic E-state index is -0.480. The number of benzene rings is 2. The second-order valence-corrected chi connectivity index (χ2v) is 4.80. The molecule has 0 atom stereocenters. The molecule has 0 radical (unpaired) electrons. The maximum Gasteiger partial charge on any atom is 0.343 e. The number of methoxy groups -OCH3 is 1. The van der Waals surface area contributed by atoms with E-state index in [2.05, 4.69) is 9.97 Å². The first-order chi connectivity index (χ1) is 10.7. The minimum Gasteiger partial charge on any atom is -0.493 e. The quantitative estimate of drug-likeness (QED) is 0.420. The van der Waals surface area contributed by atoms with Crippen LogP contribution in [-0.2, 0) is 0 Å². The molecule has 0 bridgehead atoms. The van der Waals surface area contributed by atoms with Crippen molar-refractivity contribution in [2.24, 2.45) is 0 Å². The summed E-state index contributed by atoms with van der Waals surface area (Å²) in [5.74, 6) is 0.179. The van der Waals surface area contributed by atoms with E-state index in [1.807, 2.05) is 6.07 Å². The van der Waals surface area contributed by atoms with Crippen molar-refractivity contribution >= 4 is 28.5 Å². The molecular weight excluding hydrogens is 304 g/mol. The molecule has 0 aliphatic rings. The Morgan fingerprint density at radius 2 is 1.86 bits per heavy atom. The number of halogens is 1. The average Bonchev–Trinajstić information content (AvgIpc) is 2.56. The first-order valence-corrected chi connectivity index (χ1v) is 6.82. The molecule has 0 saturated heterocycles. The number of rotatable bonds is 3. The van der Waals surface area contributed by atoms with Gasteiger partial charge >= 0.3 is 5.97 Å². The SMILES string of the molecule is COc1cc2ncnc(Cl)c2cc1OC(=O)c1ccccc1. The van der Waals surface area contributed by atoms with Crippen LogP contribution in [0.3, 0.4) is 0 Å². The zero-order valence-electron chi connectivity index (χ0n) is 11.6. The summed E-state index contributed by atoms with van der Waals surface area (Å²) in [6, 6.07) is 11.9. The monoisotopic (exact) mass is 314 g/mol. The molecule has 0 amide bonds. The lowest BCUT2D eigenvalue weighted by atomic mass is 10.2. The van der Waals surface area contributed by atoms with Gasteiger partial charge in [-0.2, -0.15) is 0 Å². The van der Waals surface area contributed by atoms with E-state index in [9.17, 15) is 4.79 Å². The van der Waals surface area contributed by atoms with Crippen molar-refractivity contribution in [1.29, 1.82) is 0 Å². The Morgan fingerprint density at radius 1 is 1.09 bits per heavy atom. The van der Waals surface area contributed by atoms with Gasteiger partial charge in [0.2, 0.25) is 0 Å². The van der Waals surface area contributed by atoms with Crippen LogP contribution in [0.4, 0.5) is 0 Å². The molecule has 3 aromatic rings. The molecule has 0 N–H and O–H groups in total. The number of hydrogen-bond acceptors (Lipinski definition) is 5. The number of esters is 1. The highest BCUT2D eigenvalue weighted by atomic mass is 35.5. The van der Waals surface area contributed by atoms with Gasteiger partial charge in [0.15, 0.2) is 11.5 Å². The third kappa shape index (κ3) is 2.71. The van der Waals surface area contributed by atoms with Crippen molar-refractivity contribution < 1.29 is 14.3 Å². The van der Waals surface area contributed by atoms with E-state index in [0.717, 1.165) is 0 Å². The first-order valence-electron chi connectivity index (χ1n) is 6.44. The normalized spacial score (nSPS) is 10.5. The number of aromatic nitrogens is 2. The van der Waals surface area contributed by atoms with E-state index in [1.54, 1.807) is 36.4 Å². The topological polar surface area (TPSA) is 61.3 Å². The second kappa shape index (κ2) is 5.99. The van der Waals surface area contributed by atoms with Crippen LogP contribution in [0.2, 0.25) is 5.15 Å². The molecule has 22 heavy (non-hydrogen) atoms. The van der Waals surface area contributed by atoms with E-state index in [0.29, 0.717) is 22.2 Å². The molecule has 3 rings (SSSR count). The van der Waals surface area contributed by atoms with Gasteiger partial charge in [0.1, 0.15) is 11.5 Å². The summed E-state index contributed by atoms with van der Waals surface area (Å²) >= 11 is 6.05. The zero-order chi connectivity index (χ0) is 15.5. The molecule has 5 nitrogen and oxygen atoms in total. The highest BCUT2D eigenvalue weighted by Gasteiger charge is 2.15. The summed E-state index contributed by atoms with van der Waals surface area (Å²) in [6.45, 7) is 0. The smallest absolute Gasteiger partial charge is 0.343 e. The molecule has 2 aromatic carbocycles. The van der Waals surface area contributed by atoms with Gasteiger partial charge in [-0.1, -0.05) is 29.8 Å². The molecule has 0 aliphatic heterocycles. The van der Waals surface area contributed by atoms with Crippen molar-refractivity contribution in [3.05, 3.63) is 59.5 Å². The Morgan fingerprint density at radius 3 is 2.59 bits per heavy atom. The summed E-state index contributed by atoms with van der Waals surface area (Å²) < 4.78 is 10.7. The van der Waals surface area contributed by atoms with Gasteiger partial charge in [-0.05, 0) is 18.2 Å². The Labute approximate surface area is 131 Å². The maximum atomic E-state index is 12.2. The highest BCUT2D eigenvalue weighted by molar-refractivity contribution is 6.34. The number of nitrogens with zero attached hydrogens (tertiary/aromatic N) is 2. The molecule has 0 spiro atoms. The van der Waals surface area contributed by atoms with Gasteiger partial charge < -0.3 is 9.47 Å². The molecular formula is C16H11ClN2O3. The zero-order valence-corrected chi connectivity index (χ0v) is 12.4. The van der Waals surface area contributed by atoms with Crippen LogP contribution in [0.25, 0.3) is 10.9 Å². The Hall–Kier alpha value is -2.66. The van der Waals surface area contributed by atoms with Crippen molar-refractivity contribution in [3.8, 4) is 11.5 Å². The van der Waals surface area contributed by atoms with E-state index >= 15 is 0 Å². The van der Waals surface area contributed by atoms with Crippen LogP contribution in [0.15, 0.2) is 48.8 Å². The van der Waals surface area contributed by atoms with Crippen LogP contribution in [0, 0.1) is 0 Å². The fourth-order valence-corrected chi connectivity index (χ4v) is 2.20. The Balaban J connectivity index is 2.02. The summed E-state index contributed by atoms with van der Waals surface area (Å²) in [5.41, 5.74) is 1.05. The van der Waals surface area contributed by atoms with Gasteiger partial charge in [0.05, 0.1) is 18.2 Å². The van der Waals surface area contributed by atoms with Crippen LogP contribution >= 0.6 is 11.6 Å². The minimum absolute atomic E-state index is 0.264. The Bertz CT molecular complexity index is 837. The third-order valence-electron chi connectivity index (χ3n) is 3.08. The van der Waals surface area contributed by atoms with Crippen molar-refractivity contribution in [2.45, 2.75) is 0 Å². The second-order valence-electron chi connectivity index (χ2n) is 4.44. The molecule has 0 saturated carbocycles. The predicted octanol–water partition coefficient (Wildman–Crippen LogP) is 3.51. The van der Waals surface area contributed by atoms with E-state index in [1.165, 1.54) is 13.4 Å². The molecule has 0 fully saturated rings. The number of ether oxygens (including phenoxy) is 2. The Kier molecular flexibility index (Phi) is 3.89. The number of fused-ring (bicyclic) bond motifs is 1. The lowest BCUT2D eigenvalue weighted by Crippen LogP contribution is -2.09. The van der Waals surface area contributed by atoms with Crippen LogP contribution in [-0.4, -0.2) is 23.0 Å². The molecule has 110 valence electrons. The summed E-state index contributed by atoms with van der Waals surface area (Å²) in [7, 11) is 1.49. The van der Waals surface area contributed by atoms with Gasteiger partial charge in [-0.15, -0.1) is 0 Å². The lowest BCUT2D eigenvalue weighted by molar-refractivity contribution is 0.0730. The van der Waals surface area contributed by atoms with Gasteiger partial charge in [-0.25, -0.2) is 14.8 Å². The van der Waals surface area contributed by atoms with Crippen LogP contribution in [0.5, 0.6) is 11.5 Å². The molecule has 0 unspecified atom stereocenters. The van der Waals surface area contributed by atoms with Crippen molar-refractivity contribution in [1.82, 2.24) is 9.97 Å². The van der Waals surface area contributed by atoms with Gasteiger partial charge in [0, 0.05) is 11.5 Å². The molecule has 0 aliphatic carbocycles. The molecule has 1 aromatic heterocycles. The van der Waals surface area contributed by atoms with Crippen molar-refractivity contribution in [2.75, 3.05) is 7.11 Å². The van der Waals surface area contributed by atoms with Crippen LogP contribution < -0.4 is 9.47 Å². The standard InChI is InChI=1S/C16H11ClN2O3/c1-21-13-8-12-11(15(17)19-9-18-12)7-14(13)22-16(20)10-5-3-2-4-6-10/h2-9H,1H3. The summed E-state index contributed by atoms with van der Waals surface area (Å²) in [6.07, 6.45) is 1.36. The predicted molar refractivity (Wildman–Crippen MR) is 82.5 cm³/mol. The van der Waals surface area contributed by atoms with E-state index in [-0.39, 0.29) is 10.9 Å². The average molecular weight is 315 g/mol. The van der Waals surface area contributed by atoms with Crippen molar-refractivity contribution in [3.63, 3.8) is 0 Å². The molecule has 1 heterocycles.